The van der Waals surface area contributed by atoms with Crippen LogP contribution in [0, 0.1) is 28.6 Å². The molecule has 0 amide bonds. The van der Waals surface area contributed by atoms with Crippen molar-refractivity contribution in [3.8, 4) is 5.75 Å². The van der Waals surface area contributed by atoms with Crippen molar-refractivity contribution in [2.75, 3.05) is 13.2 Å². The van der Waals surface area contributed by atoms with Crippen molar-refractivity contribution < 1.29 is 19.4 Å². The van der Waals surface area contributed by atoms with E-state index in [2.05, 4.69) is 27.7 Å². The summed E-state index contributed by atoms with van der Waals surface area (Å²) in [6.07, 6.45) is 6.01. The molecule has 28 heavy (non-hydrogen) atoms. The molecule has 3 aliphatic carbocycles. The molecule has 1 aromatic carbocycles. The lowest BCUT2D eigenvalue weighted by atomic mass is 9.64. The fourth-order valence-corrected chi connectivity index (χ4v) is 7.10. The number of benzene rings is 1. The van der Waals surface area contributed by atoms with E-state index in [1.807, 2.05) is 0 Å². The molecule has 0 radical (unpaired) electrons. The first-order valence-electron chi connectivity index (χ1n) is 10.8. The lowest BCUT2D eigenvalue weighted by molar-refractivity contribution is -0.0882. The molecule has 154 valence electrons. The van der Waals surface area contributed by atoms with Gasteiger partial charge in [-0.25, -0.2) is 4.79 Å². The van der Waals surface area contributed by atoms with E-state index in [1.54, 1.807) is 24.3 Å². The molecule has 4 heteroatoms. The summed E-state index contributed by atoms with van der Waals surface area (Å²) in [5.74, 6) is 2.36. The van der Waals surface area contributed by atoms with Gasteiger partial charge in [0.05, 0.1) is 12.2 Å². The number of esters is 1. The topological polar surface area (TPSA) is 55.8 Å². The summed E-state index contributed by atoms with van der Waals surface area (Å²) in [5, 5.41) is 8.85. The molecule has 0 aliphatic heterocycles. The van der Waals surface area contributed by atoms with Gasteiger partial charge in [-0.05, 0) is 86.0 Å². The van der Waals surface area contributed by atoms with Crippen molar-refractivity contribution in [3.05, 3.63) is 29.8 Å². The summed E-state index contributed by atoms with van der Waals surface area (Å²) in [6, 6.07) is 7.02. The first-order chi connectivity index (χ1) is 13.2. The van der Waals surface area contributed by atoms with E-state index in [0.29, 0.717) is 22.6 Å². The molecule has 0 heterocycles. The quantitative estimate of drug-likeness (QED) is 0.735. The fraction of sp³-hybridized carbons (Fsp3) is 0.708. The third kappa shape index (κ3) is 2.87. The number of aliphatic hydroxyl groups excluding tert-OH is 1. The Labute approximate surface area is 168 Å². The monoisotopic (exact) mass is 386 g/mol. The van der Waals surface area contributed by atoms with E-state index in [0.717, 1.165) is 18.3 Å². The second-order valence-corrected chi connectivity index (χ2v) is 10.1. The Morgan fingerprint density at radius 2 is 1.82 bits per heavy atom. The van der Waals surface area contributed by atoms with Crippen LogP contribution >= 0.6 is 0 Å². The van der Waals surface area contributed by atoms with Crippen LogP contribution in [0.15, 0.2) is 24.3 Å². The second-order valence-electron chi connectivity index (χ2n) is 10.1. The van der Waals surface area contributed by atoms with Gasteiger partial charge in [-0.1, -0.05) is 20.8 Å². The molecular weight excluding hydrogens is 352 g/mol. The highest BCUT2D eigenvalue weighted by Gasteiger charge is 2.68. The van der Waals surface area contributed by atoms with Gasteiger partial charge in [-0.15, -0.1) is 0 Å². The van der Waals surface area contributed by atoms with Crippen molar-refractivity contribution in [1.82, 2.24) is 0 Å². The molecule has 3 aliphatic rings. The van der Waals surface area contributed by atoms with Crippen LogP contribution in [-0.4, -0.2) is 29.9 Å². The summed E-state index contributed by atoms with van der Waals surface area (Å²) in [5.41, 5.74) is 0.827. The molecule has 0 aromatic heterocycles. The highest BCUT2D eigenvalue weighted by atomic mass is 16.6. The van der Waals surface area contributed by atoms with Gasteiger partial charge in [0.15, 0.2) is 0 Å². The summed E-state index contributed by atoms with van der Waals surface area (Å²) in [6.45, 7) is 9.64. The number of ether oxygens (including phenoxy) is 2. The number of aliphatic hydroxyl groups is 1. The molecule has 1 aromatic rings. The van der Waals surface area contributed by atoms with Crippen molar-refractivity contribution in [3.63, 3.8) is 0 Å². The Balaban J connectivity index is 1.51. The van der Waals surface area contributed by atoms with Crippen LogP contribution in [0.25, 0.3) is 0 Å². The second kappa shape index (κ2) is 6.76. The van der Waals surface area contributed by atoms with Crippen molar-refractivity contribution >= 4 is 5.97 Å². The summed E-state index contributed by atoms with van der Waals surface area (Å²) in [4.78, 5) is 12.9. The standard InChI is InChI=1S/C24H34O4/c1-16-5-10-19-22(2,3)20-15-24(16,19)12-11-23(20,4)28-21(26)17-6-8-18(9-7-17)27-14-13-25/h6-9,16,19-20,25H,5,10-15H2,1-4H3/t16-,19+,20-,23-,24+/m1/s1. The van der Waals surface area contributed by atoms with Crippen LogP contribution in [0.1, 0.15) is 70.2 Å². The number of fused-ring (bicyclic) bond motifs is 1. The summed E-state index contributed by atoms with van der Waals surface area (Å²) >= 11 is 0. The Hall–Kier alpha value is -1.55. The highest BCUT2D eigenvalue weighted by Crippen LogP contribution is 2.73. The lowest BCUT2D eigenvalue weighted by Gasteiger charge is -2.46. The smallest absolute Gasteiger partial charge is 0.338 e. The highest BCUT2D eigenvalue weighted by molar-refractivity contribution is 5.89. The molecule has 1 N–H and O–H groups in total. The minimum absolute atomic E-state index is 0.0274. The number of rotatable bonds is 5. The van der Waals surface area contributed by atoms with Crippen LogP contribution in [0.2, 0.25) is 0 Å². The molecule has 0 saturated heterocycles. The maximum Gasteiger partial charge on any atom is 0.338 e. The van der Waals surface area contributed by atoms with E-state index in [4.69, 9.17) is 14.6 Å². The third-order valence-corrected chi connectivity index (χ3v) is 8.54. The van der Waals surface area contributed by atoms with Gasteiger partial charge >= 0.3 is 5.97 Å². The van der Waals surface area contributed by atoms with Crippen LogP contribution in [0.3, 0.4) is 0 Å². The average molecular weight is 387 g/mol. The SMILES string of the molecule is C[C@@H]1CC[C@H]2C(C)(C)[C@H]3C[C@@]12CC[C@@]3(C)OC(=O)c1ccc(OCCO)cc1. The molecular formula is C24H34O4. The molecule has 3 fully saturated rings. The zero-order valence-electron chi connectivity index (χ0n) is 17.7. The first-order valence-corrected chi connectivity index (χ1v) is 10.8. The summed E-state index contributed by atoms with van der Waals surface area (Å²) < 4.78 is 11.6. The van der Waals surface area contributed by atoms with Crippen molar-refractivity contribution in [2.24, 2.45) is 28.6 Å². The maximum atomic E-state index is 12.9. The number of carbonyl (C=O) groups is 1. The van der Waals surface area contributed by atoms with Crippen LogP contribution in [0.5, 0.6) is 5.75 Å². The number of hydrogen-bond donors (Lipinski definition) is 1. The van der Waals surface area contributed by atoms with Gasteiger partial charge in [-0.2, -0.15) is 0 Å². The Morgan fingerprint density at radius 1 is 1.11 bits per heavy atom. The van der Waals surface area contributed by atoms with Crippen LogP contribution in [0.4, 0.5) is 0 Å². The lowest BCUT2D eigenvalue weighted by Crippen LogP contribution is -2.47. The summed E-state index contributed by atoms with van der Waals surface area (Å²) in [7, 11) is 0. The van der Waals surface area contributed by atoms with E-state index in [9.17, 15) is 4.79 Å². The molecule has 2 bridgehead atoms. The molecule has 0 unspecified atom stereocenters. The largest absolute Gasteiger partial charge is 0.491 e. The maximum absolute atomic E-state index is 12.9. The Bertz CT molecular complexity index is 739. The third-order valence-electron chi connectivity index (χ3n) is 8.54. The van der Waals surface area contributed by atoms with Gasteiger partial charge in [0.25, 0.3) is 0 Å². The minimum atomic E-state index is -0.401. The minimum Gasteiger partial charge on any atom is -0.491 e. The predicted molar refractivity (Wildman–Crippen MR) is 108 cm³/mol. The molecule has 3 saturated carbocycles. The Morgan fingerprint density at radius 3 is 2.50 bits per heavy atom. The van der Waals surface area contributed by atoms with Crippen molar-refractivity contribution in [1.29, 1.82) is 0 Å². The van der Waals surface area contributed by atoms with E-state index in [-0.39, 0.29) is 24.6 Å². The Kier molecular flexibility index (Phi) is 4.77. The fourth-order valence-electron chi connectivity index (χ4n) is 7.10. The first kappa shape index (κ1) is 19.8. The van der Waals surface area contributed by atoms with Gasteiger partial charge < -0.3 is 14.6 Å². The zero-order valence-corrected chi connectivity index (χ0v) is 17.7. The van der Waals surface area contributed by atoms with Gasteiger partial charge in [0.2, 0.25) is 0 Å². The van der Waals surface area contributed by atoms with Gasteiger partial charge in [0.1, 0.15) is 18.0 Å². The normalized spacial score (nSPS) is 38.1. The van der Waals surface area contributed by atoms with E-state index in [1.165, 1.54) is 25.7 Å². The van der Waals surface area contributed by atoms with E-state index >= 15 is 0 Å². The molecule has 4 nitrogen and oxygen atoms in total. The number of hydrogen-bond acceptors (Lipinski definition) is 4. The van der Waals surface area contributed by atoms with Crippen molar-refractivity contribution in [2.45, 2.75) is 65.4 Å². The average Bonchev–Trinajstić information content (AvgIpc) is 3.09. The predicted octanol–water partition coefficient (Wildman–Crippen LogP) is 4.85. The molecule has 1 spiro atoms. The van der Waals surface area contributed by atoms with E-state index < -0.39 is 5.60 Å². The zero-order chi connectivity index (χ0) is 20.2. The van der Waals surface area contributed by atoms with Crippen LogP contribution in [-0.2, 0) is 4.74 Å². The molecule has 5 atom stereocenters. The van der Waals surface area contributed by atoms with Crippen LogP contribution < -0.4 is 4.74 Å². The van der Waals surface area contributed by atoms with Gasteiger partial charge in [0, 0.05) is 5.92 Å². The number of carbonyl (C=O) groups excluding carboxylic acids is 1. The van der Waals surface area contributed by atoms with Gasteiger partial charge in [-0.3, -0.25) is 0 Å². The molecule has 4 rings (SSSR count).